The monoisotopic (exact) mass is 455 g/mol. The van der Waals surface area contributed by atoms with E-state index in [0.29, 0.717) is 16.6 Å². The van der Waals surface area contributed by atoms with Crippen molar-refractivity contribution in [3.63, 3.8) is 0 Å². The Morgan fingerprint density at radius 3 is 2.87 bits per heavy atom. The van der Waals surface area contributed by atoms with Gasteiger partial charge in [0.25, 0.3) is 5.91 Å². The molecule has 154 valence electrons. The SMILES string of the molecule is CC(C)SCCSc1nc2ccc(NC(=O)c3ccc(-n4cccn4)nc3)cc2s1. The van der Waals surface area contributed by atoms with Crippen LogP contribution in [0.4, 0.5) is 5.69 Å². The molecule has 9 heteroatoms. The average Bonchev–Trinajstić information content (AvgIpc) is 3.41. The minimum Gasteiger partial charge on any atom is -0.322 e. The molecule has 0 saturated carbocycles. The Morgan fingerprint density at radius 2 is 2.13 bits per heavy atom. The fourth-order valence-corrected chi connectivity index (χ4v) is 5.74. The Balaban J connectivity index is 1.40. The highest BCUT2D eigenvalue weighted by Crippen LogP contribution is 2.32. The van der Waals surface area contributed by atoms with Crippen LogP contribution in [-0.2, 0) is 0 Å². The van der Waals surface area contributed by atoms with Crippen molar-refractivity contribution in [3.05, 3.63) is 60.6 Å². The third-order valence-electron chi connectivity index (χ3n) is 4.14. The van der Waals surface area contributed by atoms with Crippen LogP contribution in [0.25, 0.3) is 16.0 Å². The number of nitrogens with one attached hydrogen (secondary N) is 1. The summed E-state index contributed by atoms with van der Waals surface area (Å²) in [5.74, 6) is 2.64. The van der Waals surface area contributed by atoms with Crippen LogP contribution in [0.2, 0.25) is 0 Å². The Bertz CT molecular complexity index is 1120. The molecule has 1 aromatic carbocycles. The van der Waals surface area contributed by atoms with E-state index in [-0.39, 0.29) is 5.91 Å². The third kappa shape index (κ3) is 5.21. The van der Waals surface area contributed by atoms with Gasteiger partial charge in [0.1, 0.15) is 0 Å². The van der Waals surface area contributed by atoms with Gasteiger partial charge in [0.15, 0.2) is 10.2 Å². The van der Waals surface area contributed by atoms with E-state index in [2.05, 4.69) is 34.2 Å². The molecule has 1 amide bonds. The molecule has 1 N–H and O–H groups in total. The van der Waals surface area contributed by atoms with Gasteiger partial charge in [-0.05, 0) is 41.6 Å². The minimum absolute atomic E-state index is 0.196. The average molecular weight is 456 g/mol. The number of hydrogen-bond acceptors (Lipinski definition) is 7. The van der Waals surface area contributed by atoms with Gasteiger partial charge in [-0.3, -0.25) is 4.79 Å². The molecule has 30 heavy (non-hydrogen) atoms. The maximum Gasteiger partial charge on any atom is 0.257 e. The standard InChI is InChI=1S/C21H21N5OS3/c1-14(2)28-10-11-29-21-25-17-6-5-16(12-18(17)30-21)24-20(27)15-4-7-19(22-13-15)26-9-3-8-23-26/h3-9,12-14H,10-11H2,1-2H3,(H,24,27). The van der Waals surface area contributed by atoms with E-state index >= 15 is 0 Å². The number of carbonyl (C=O) groups is 1. The van der Waals surface area contributed by atoms with Gasteiger partial charge in [0, 0.05) is 35.8 Å². The Morgan fingerprint density at radius 1 is 1.23 bits per heavy atom. The van der Waals surface area contributed by atoms with E-state index in [0.717, 1.165) is 31.7 Å². The smallest absolute Gasteiger partial charge is 0.257 e. The van der Waals surface area contributed by atoms with Crippen molar-refractivity contribution in [2.75, 3.05) is 16.8 Å². The van der Waals surface area contributed by atoms with E-state index in [1.807, 2.05) is 42.2 Å². The highest BCUT2D eigenvalue weighted by atomic mass is 32.2. The molecule has 4 rings (SSSR count). The lowest BCUT2D eigenvalue weighted by Gasteiger charge is -2.06. The summed E-state index contributed by atoms with van der Waals surface area (Å²) in [6, 6.07) is 11.2. The number of hydrogen-bond donors (Lipinski definition) is 1. The van der Waals surface area contributed by atoms with E-state index < -0.39 is 0 Å². The highest BCUT2D eigenvalue weighted by Gasteiger charge is 2.10. The summed E-state index contributed by atoms with van der Waals surface area (Å²) in [6.45, 7) is 4.43. The van der Waals surface area contributed by atoms with Crippen molar-refractivity contribution >= 4 is 56.7 Å². The van der Waals surface area contributed by atoms with E-state index in [9.17, 15) is 4.79 Å². The molecule has 0 aliphatic rings. The number of anilines is 1. The van der Waals surface area contributed by atoms with Gasteiger partial charge in [-0.1, -0.05) is 25.6 Å². The van der Waals surface area contributed by atoms with Gasteiger partial charge >= 0.3 is 0 Å². The number of thioether (sulfide) groups is 2. The number of pyridine rings is 1. The third-order valence-corrected chi connectivity index (χ3v) is 7.66. The lowest BCUT2D eigenvalue weighted by Crippen LogP contribution is -2.12. The van der Waals surface area contributed by atoms with Crippen LogP contribution >= 0.6 is 34.9 Å². The van der Waals surface area contributed by atoms with E-state index in [4.69, 9.17) is 0 Å². The van der Waals surface area contributed by atoms with E-state index in [1.165, 1.54) is 0 Å². The first-order valence-electron chi connectivity index (χ1n) is 9.51. The summed E-state index contributed by atoms with van der Waals surface area (Å²) in [5, 5.41) is 7.74. The fraction of sp³-hybridized carbons (Fsp3) is 0.238. The molecular formula is C21H21N5OS3. The Labute approximate surface area is 187 Å². The van der Waals surface area contributed by atoms with Gasteiger partial charge in [-0.25, -0.2) is 14.6 Å². The zero-order valence-electron chi connectivity index (χ0n) is 16.6. The summed E-state index contributed by atoms with van der Waals surface area (Å²) in [5.41, 5.74) is 2.20. The quantitative estimate of drug-likeness (QED) is 0.285. The van der Waals surface area contributed by atoms with Gasteiger partial charge in [0.05, 0.1) is 15.8 Å². The van der Waals surface area contributed by atoms with Crippen molar-refractivity contribution in [1.82, 2.24) is 19.7 Å². The second-order valence-electron chi connectivity index (χ2n) is 6.74. The fourth-order valence-electron chi connectivity index (χ4n) is 2.72. The Kier molecular flexibility index (Phi) is 6.71. The number of aromatic nitrogens is 4. The van der Waals surface area contributed by atoms with Crippen LogP contribution in [0.3, 0.4) is 0 Å². The van der Waals surface area contributed by atoms with Crippen LogP contribution in [0.15, 0.2) is 59.3 Å². The number of fused-ring (bicyclic) bond motifs is 1. The molecule has 4 aromatic rings. The lowest BCUT2D eigenvalue weighted by atomic mass is 10.2. The minimum atomic E-state index is -0.196. The molecule has 0 atom stereocenters. The second kappa shape index (κ2) is 9.63. The van der Waals surface area contributed by atoms with Gasteiger partial charge < -0.3 is 5.32 Å². The van der Waals surface area contributed by atoms with Crippen molar-refractivity contribution < 1.29 is 4.79 Å². The zero-order valence-corrected chi connectivity index (χ0v) is 19.1. The molecule has 0 bridgehead atoms. The molecule has 0 saturated heterocycles. The molecule has 0 aliphatic heterocycles. The molecule has 0 aliphatic carbocycles. The van der Waals surface area contributed by atoms with Crippen LogP contribution in [-0.4, -0.2) is 42.4 Å². The largest absolute Gasteiger partial charge is 0.322 e. The first-order chi connectivity index (χ1) is 14.6. The van der Waals surface area contributed by atoms with Crippen LogP contribution in [0.1, 0.15) is 24.2 Å². The van der Waals surface area contributed by atoms with Crippen LogP contribution in [0, 0.1) is 0 Å². The molecule has 3 aromatic heterocycles. The molecule has 0 unspecified atom stereocenters. The van der Waals surface area contributed by atoms with Gasteiger partial charge in [0.2, 0.25) is 0 Å². The first-order valence-corrected chi connectivity index (χ1v) is 12.4. The molecule has 0 spiro atoms. The predicted molar refractivity (Wildman–Crippen MR) is 127 cm³/mol. The maximum atomic E-state index is 12.6. The number of rotatable bonds is 8. The number of benzene rings is 1. The molecular weight excluding hydrogens is 434 g/mol. The number of thiazole rings is 1. The van der Waals surface area contributed by atoms with Gasteiger partial charge in [-0.2, -0.15) is 16.9 Å². The van der Waals surface area contributed by atoms with Crippen molar-refractivity contribution in [2.24, 2.45) is 0 Å². The number of nitrogens with zero attached hydrogens (tertiary/aromatic N) is 4. The molecule has 3 heterocycles. The molecule has 0 fully saturated rings. The second-order valence-corrected chi connectivity index (χ2v) is 10.8. The molecule has 6 nitrogen and oxygen atoms in total. The van der Waals surface area contributed by atoms with Crippen molar-refractivity contribution in [3.8, 4) is 5.82 Å². The zero-order chi connectivity index (χ0) is 20.9. The summed E-state index contributed by atoms with van der Waals surface area (Å²) >= 11 is 5.41. The first kappa shape index (κ1) is 20.9. The topological polar surface area (TPSA) is 72.7 Å². The van der Waals surface area contributed by atoms with E-state index in [1.54, 1.807) is 52.3 Å². The van der Waals surface area contributed by atoms with Crippen molar-refractivity contribution in [1.29, 1.82) is 0 Å². The number of amides is 1. The van der Waals surface area contributed by atoms with Crippen LogP contribution < -0.4 is 5.32 Å². The van der Waals surface area contributed by atoms with Crippen molar-refractivity contribution in [2.45, 2.75) is 23.4 Å². The number of carbonyl (C=O) groups excluding carboxylic acids is 1. The van der Waals surface area contributed by atoms with Gasteiger partial charge in [-0.15, -0.1) is 11.3 Å². The maximum absolute atomic E-state index is 12.6. The Hall–Kier alpha value is -2.36. The summed E-state index contributed by atoms with van der Waals surface area (Å²) in [4.78, 5) is 21.6. The normalized spacial score (nSPS) is 11.3. The highest BCUT2D eigenvalue weighted by molar-refractivity contribution is 8.04. The lowest BCUT2D eigenvalue weighted by molar-refractivity contribution is 0.102. The summed E-state index contributed by atoms with van der Waals surface area (Å²) < 4.78 is 3.78. The molecule has 0 radical (unpaired) electrons. The summed E-state index contributed by atoms with van der Waals surface area (Å²) in [7, 11) is 0. The summed E-state index contributed by atoms with van der Waals surface area (Å²) in [6.07, 6.45) is 5.05. The predicted octanol–water partition coefficient (Wildman–Crippen LogP) is 5.36. The van der Waals surface area contributed by atoms with Crippen LogP contribution in [0.5, 0.6) is 0 Å².